The fraction of sp³-hybridized carbons (Fsp3) is 0.462. The van der Waals surface area contributed by atoms with Gasteiger partial charge in [-0.05, 0) is 30.2 Å². The Labute approximate surface area is 100 Å². The summed E-state index contributed by atoms with van der Waals surface area (Å²) < 4.78 is 10.6. The maximum Gasteiger partial charge on any atom is 0.163 e. The number of ketones is 1. The summed E-state index contributed by atoms with van der Waals surface area (Å²) in [5.41, 5.74) is 1.90. The largest absolute Gasteiger partial charge is 0.491 e. The zero-order valence-corrected chi connectivity index (χ0v) is 9.65. The van der Waals surface area contributed by atoms with Crippen LogP contribution in [-0.4, -0.2) is 37.3 Å². The number of benzene rings is 1. The molecule has 17 heavy (non-hydrogen) atoms. The Morgan fingerprint density at radius 3 is 2.88 bits per heavy atom. The number of rotatable bonds is 6. The molecule has 1 N–H and O–H groups in total. The third-order valence-corrected chi connectivity index (χ3v) is 2.73. The molecular weight excluding hydrogens is 220 g/mol. The Balaban J connectivity index is 1.84. The smallest absolute Gasteiger partial charge is 0.163 e. The average molecular weight is 236 g/mol. The van der Waals surface area contributed by atoms with Crippen molar-refractivity contribution in [2.75, 3.05) is 26.4 Å². The van der Waals surface area contributed by atoms with Crippen molar-refractivity contribution in [2.24, 2.45) is 0 Å². The SMILES string of the molecule is O=C1CCc2cc(OCCOCCO)ccc21. The summed E-state index contributed by atoms with van der Waals surface area (Å²) in [4.78, 5) is 11.4. The van der Waals surface area contributed by atoms with Crippen LogP contribution in [0, 0.1) is 0 Å². The van der Waals surface area contributed by atoms with Crippen LogP contribution in [0.3, 0.4) is 0 Å². The zero-order chi connectivity index (χ0) is 12.1. The van der Waals surface area contributed by atoms with E-state index in [0.29, 0.717) is 26.2 Å². The van der Waals surface area contributed by atoms with Crippen molar-refractivity contribution in [2.45, 2.75) is 12.8 Å². The van der Waals surface area contributed by atoms with E-state index in [1.165, 1.54) is 0 Å². The number of hydrogen-bond donors (Lipinski definition) is 1. The molecule has 4 heteroatoms. The molecule has 2 rings (SSSR count). The van der Waals surface area contributed by atoms with E-state index in [1.807, 2.05) is 18.2 Å². The van der Waals surface area contributed by atoms with Gasteiger partial charge in [-0.3, -0.25) is 4.79 Å². The number of carbonyl (C=O) groups is 1. The monoisotopic (exact) mass is 236 g/mol. The van der Waals surface area contributed by atoms with E-state index in [4.69, 9.17) is 14.6 Å². The van der Waals surface area contributed by atoms with Crippen molar-refractivity contribution in [1.82, 2.24) is 0 Å². The minimum atomic E-state index is 0.0287. The quantitative estimate of drug-likeness (QED) is 0.754. The van der Waals surface area contributed by atoms with Gasteiger partial charge in [-0.1, -0.05) is 0 Å². The van der Waals surface area contributed by atoms with Crippen molar-refractivity contribution in [3.8, 4) is 5.75 Å². The van der Waals surface area contributed by atoms with E-state index in [1.54, 1.807) is 0 Å². The van der Waals surface area contributed by atoms with Crippen molar-refractivity contribution < 1.29 is 19.4 Å². The molecule has 4 nitrogen and oxygen atoms in total. The second-order valence-electron chi connectivity index (χ2n) is 3.93. The molecule has 0 saturated heterocycles. The van der Waals surface area contributed by atoms with Crippen LogP contribution in [0.2, 0.25) is 0 Å². The van der Waals surface area contributed by atoms with Crippen LogP contribution >= 0.6 is 0 Å². The third kappa shape index (κ3) is 3.05. The summed E-state index contributed by atoms with van der Waals surface area (Å²) in [7, 11) is 0. The lowest BCUT2D eigenvalue weighted by molar-refractivity contribution is 0.0705. The van der Waals surface area contributed by atoms with Crippen LogP contribution in [0.15, 0.2) is 18.2 Å². The molecule has 0 unspecified atom stereocenters. The van der Waals surface area contributed by atoms with Crippen molar-refractivity contribution in [3.63, 3.8) is 0 Å². The number of aryl methyl sites for hydroxylation is 1. The minimum absolute atomic E-state index is 0.0287. The first-order chi connectivity index (χ1) is 8.31. The molecule has 0 amide bonds. The van der Waals surface area contributed by atoms with E-state index in [0.717, 1.165) is 23.3 Å². The van der Waals surface area contributed by atoms with Gasteiger partial charge in [0, 0.05) is 12.0 Å². The molecule has 0 radical (unpaired) electrons. The van der Waals surface area contributed by atoms with Crippen molar-refractivity contribution in [3.05, 3.63) is 29.3 Å². The fourth-order valence-electron chi connectivity index (χ4n) is 1.91. The lowest BCUT2D eigenvalue weighted by Gasteiger charge is -2.07. The Morgan fingerprint density at radius 1 is 1.18 bits per heavy atom. The van der Waals surface area contributed by atoms with Gasteiger partial charge >= 0.3 is 0 Å². The second kappa shape index (κ2) is 5.80. The van der Waals surface area contributed by atoms with Crippen LogP contribution in [0.4, 0.5) is 0 Å². The summed E-state index contributed by atoms with van der Waals surface area (Å²) in [6.07, 6.45) is 1.42. The number of aliphatic hydroxyl groups is 1. The van der Waals surface area contributed by atoms with E-state index in [2.05, 4.69) is 0 Å². The standard InChI is InChI=1S/C13H16O4/c14-5-6-16-7-8-17-11-2-3-12-10(9-11)1-4-13(12)15/h2-3,9,14H,1,4-8H2. The minimum Gasteiger partial charge on any atom is -0.491 e. The molecule has 0 atom stereocenters. The van der Waals surface area contributed by atoms with Crippen molar-refractivity contribution >= 4 is 5.78 Å². The molecule has 0 saturated carbocycles. The summed E-state index contributed by atoms with van der Waals surface area (Å²) in [6, 6.07) is 5.56. The maximum absolute atomic E-state index is 11.4. The number of fused-ring (bicyclic) bond motifs is 1. The molecule has 0 bridgehead atoms. The number of aliphatic hydroxyl groups excluding tert-OH is 1. The van der Waals surface area contributed by atoms with Gasteiger partial charge in [0.1, 0.15) is 12.4 Å². The molecule has 1 aliphatic rings. The van der Waals surface area contributed by atoms with Gasteiger partial charge < -0.3 is 14.6 Å². The number of hydrogen-bond acceptors (Lipinski definition) is 4. The predicted octanol–water partition coefficient (Wildman–Crippen LogP) is 1.20. The highest BCUT2D eigenvalue weighted by atomic mass is 16.5. The molecule has 0 aliphatic heterocycles. The first-order valence-electron chi connectivity index (χ1n) is 5.79. The van der Waals surface area contributed by atoms with E-state index in [-0.39, 0.29) is 12.4 Å². The molecule has 92 valence electrons. The van der Waals surface area contributed by atoms with Gasteiger partial charge in [-0.25, -0.2) is 0 Å². The van der Waals surface area contributed by atoms with Crippen LogP contribution in [0.5, 0.6) is 5.75 Å². The Bertz CT molecular complexity index is 400. The first-order valence-corrected chi connectivity index (χ1v) is 5.79. The van der Waals surface area contributed by atoms with Crippen LogP contribution in [0.25, 0.3) is 0 Å². The highest BCUT2D eigenvalue weighted by Gasteiger charge is 2.19. The zero-order valence-electron chi connectivity index (χ0n) is 9.65. The number of ether oxygens (including phenoxy) is 2. The third-order valence-electron chi connectivity index (χ3n) is 2.73. The number of carbonyl (C=O) groups excluding carboxylic acids is 1. The molecular formula is C13H16O4. The summed E-state index contributed by atoms with van der Waals surface area (Å²) >= 11 is 0. The van der Waals surface area contributed by atoms with Crippen molar-refractivity contribution in [1.29, 1.82) is 0 Å². The molecule has 0 spiro atoms. The summed E-state index contributed by atoms with van der Waals surface area (Å²) in [6.45, 7) is 1.27. The van der Waals surface area contributed by atoms with Gasteiger partial charge in [0.2, 0.25) is 0 Å². The van der Waals surface area contributed by atoms with E-state index >= 15 is 0 Å². The van der Waals surface area contributed by atoms with Gasteiger partial charge in [0.25, 0.3) is 0 Å². The van der Waals surface area contributed by atoms with Crippen LogP contribution in [0.1, 0.15) is 22.3 Å². The summed E-state index contributed by atoms with van der Waals surface area (Å²) in [5, 5.41) is 8.52. The van der Waals surface area contributed by atoms with E-state index in [9.17, 15) is 4.79 Å². The van der Waals surface area contributed by atoms with Gasteiger partial charge in [-0.15, -0.1) is 0 Å². The number of Topliss-reactive ketones (excluding diaryl/α,β-unsaturated/α-hetero) is 1. The highest BCUT2D eigenvalue weighted by Crippen LogP contribution is 2.25. The predicted molar refractivity (Wildman–Crippen MR) is 62.5 cm³/mol. The summed E-state index contributed by atoms with van der Waals surface area (Å²) in [5.74, 6) is 0.990. The molecule has 1 aliphatic carbocycles. The van der Waals surface area contributed by atoms with Gasteiger partial charge in [0.05, 0.1) is 19.8 Å². The average Bonchev–Trinajstić information content (AvgIpc) is 2.71. The van der Waals surface area contributed by atoms with Gasteiger partial charge in [-0.2, -0.15) is 0 Å². The lowest BCUT2D eigenvalue weighted by Crippen LogP contribution is -2.09. The normalized spacial score (nSPS) is 13.8. The first kappa shape index (κ1) is 12.1. The fourth-order valence-corrected chi connectivity index (χ4v) is 1.91. The molecule has 0 heterocycles. The Morgan fingerprint density at radius 2 is 2.06 bits per heavy atom. The molecule has 1 aromatic rings. The highest BCUT2D eigenvalue weighted by molar-refractivity contribution is 6.00. The van der Waals surface area contributed by atoms with Gasteiger partial charge in [0.15, 0.2) is 5.78 Å². The van der Waals surface area contributed by atoms with Crippen LogP contribution < -0.4 is 4.74 Å². The Hall–Kier alpha value is -1.39. The maximum atomic E-state index is 11.4. The topological polar surface area (TPSA) is 55.8 Å². The van der Waals surface area contributed by atoms with E-state index < -0.39 is 0 Å². The Kier molecular flexibility index (Phi) is 4.12. The van der Waals surface area contributed by atoms with Crippen LogP contribution in [-0.2, 0) is 11.2 Å². The molecule has 0 fully saturated rings. The molecule has 1 aromatic carbocycles. The second-order valence-corrected chi connectivity index (χ2v) is 3.93. The lowest BCUT2D eigenvalue weighted by atomic mass is 10.1. The molecule has 0 aromatic heterocycles.